The van der Waals surface area contributed by atoms with Gasteiger partial charge in [-0.25, -0.2) is 0 Å². The van der Waals surface area contributed by atoms with Gasteiger partial charge in [-0.3, -0.25) is 4.79 Å². The maximum absolute atomic E-state index is 12.4. The summed E-state index contributed by atoms with van der Waals surface area (Å²) in [7, 11) is 0. The molecule has 2 fully saturated rings. The summed E-state index contributed by atoms with van der Waals surface area (Å²) in [6, 6.07) is 0. The molecular weight excluding hydrogens is 226 g/mol. The minimum absolute atomic E-state index is 0.0963. The van der Waals surface area contributed by atoms with E-state index in [2.05, 4.69) is 6.92 Å². The molecule has 0 radical (unpaired) electrons. The Morgan fingerprint density at radius 3 is 2.44 bits per heavy atom. The highest BCUT2D eigenvalue weighted by Crippen LogP contribution is 2.54. The Morgan fingerprint density at radius 2 is 1.83 bits per heavy atom. The van der Waals surface area contributed by atoms with Crippen molar-refractivity contribution < 1.29 is 9.90 Å². The number of unbranched alkanes of at least 4 members (excludes halogenated alkanes) is 3. The third kappa shape index (κ3) is 3.47. The van der Waals surface area contributed by atoms with E-state index in [1.807, 2.05) is 4.90 Å². The van der Waals surface area contributed by atoms with Gasteiger partial charge in [0, 0.05) is 19.0 Å². The van der Waals surface area contributed by atoms with Crippen LogP contribution in [0.1, 0.15) is 51.9 Å². The smallest absolute Gasteiger partial charge is 0.225 e. The Bertz CT molecular complexity index is 270. The van der Waals surface area contributed by atoms with Gasteiger partial charge in [0.1, 0.15) is 0 Å². The van der Waals surface area contributed by atoms with Crippen molar-refractivity contribution in [2.75, 3.05) is 19.7 Å². The largest absolute Gasteiger partial charge is 0.395 e. The van der Waals surface area contributed by atoms with Crippen LogP contribution >= 0.6 is 0 Å². The molecule has 18 heavy (non-hydrogen) atoms. The van der Waals surface area contributed by atoms with Crippen LogP contribution in [-0.2, 0) is 4.79 Å². The molecule has 2 rings (SSSR count). The normalized spacial score (nSPS) is 29.1. The highest BCUT2D eigenvalue weighted by molar-refractivity contribution is 5.79. The van der Waals surface area contributed by atoms with E-state index in [-0.39, 0.29) is 12.5 Å². The molecule has 1 N–H and O–H groups in total. The van der Waals surface area contributed by atoms with Gasteiger partial charge in [0.2, 0.25) is 5.91 Å². The standard InChI is InChI=1S/C15H27NO2/c1-2-3-4-5-6-16(7-8-17)15(18)14-10-12-9-13(12)11-14/h12-14,17H,2-11H2,1H3. The number of hydrogen-bond donors (Lipinski definition) is 1. The third-order valence-corrected chi connectivity index (χ3v) is 4.56. The molecule has 3 heteroatoms. The fourth-order valence-electron chi connectivity index (χ4n) is 3.36. The predicted octanol–water partition coefficient (Wildman–Crippen LogP) is 2.43. The number of carbonyl (C=O) groups excluding carboxylic acids is 1. The molecule has 2 aliphatic rings. The van der Waals surface area contributed by atoms with Gasteiger partial charge in [0.25, 0.3) is 0 Å². The number of carbonyl (C=O) groups is 1. The van der Waals surface area contributed by atoms with Crippen LogP contribution in [0.4, 0.5) is 0 Å². The lowest BCUT2D eigenvalue weighted by Crippen LogP contribution is -2.38. The fourth-order valence-corrected chi connectivity index (χ4v) is 3.36. The molecule has 2 saturated carbocycles. The van der Waals surface area contributed by atoms with Crippen molar-refractivity contribution in [3.63, 3.8) is 0 Å². The fraction of sp³-hybridized carbons (Fsp3) is 0.933. The summed E-state index contributed by atoms with van der Waals surface area (Å²) < 4.78 is 0. The first-order valence-electron chi connectivity index (χ1n) is 7.66. The Labute approximate surface area is 111 Å². The zero-order chi connectivity index (χ0) is 13.0. The zero-order valence-electron chi connectivity index (χ0n) is 11.6. The molecule has 2 unspecified atom stereocenters. The summed E-state index contributed by atoms with van der Waals surface area (Å²) in [6.45, 7) is 3.66. The molecule has 0 bridgehead atoms. The zero-order valence-corrected chi connectivity index (χ0v) is 11.6. The molecule has 0 aliphatic heterocycles. The van der Waals surface area contributed by atoms with Gasteiger partial charge in [-0.05, 0) is 37.5 Å². The second kappa shape index (κ2) is 6.55. The Morgan fingerprint density at radius 1 is 1.11 bits per heavy atom. The van der Waals surface area contributed by atoms with Gasteiger partial charge in [-0.15, -0.1) is 0 Å². The number of amides is 1. The molecule has 0 saturated heterocycles. The van der Waals surface area contributed by atoms with Crippen molar-refractivity contribution in [1.29, 1.82) is 0 Å². The van der Waals surface area contributed by atoms with Crippen LogP contribution in [0.5, 0.6) is 0 Å². The van der Waals surface area contributed by atoms with Gasteiger partial charge in [0.15, 0.2) is 0 Å². The molecule has 104 valence electrons. The second-order valence-electron chi connectivity index (χ2n) is 6.03. The van der Waals surface area contributed by atoms with Gasteiger partial charge >= 0.3 is 0 Å². The second-order valence-corrected chi connectivity index (χ2v) is 6.03. The van der Waals surface area contributed by atoms with E-state index in [4.69, 9.17) is 5.11 Å². The van der Waals surface area contributed by atoms with Crippen LogP contribution in [-0.4, -0.2) is 35.6 Å². The SMILES string of the molecule is CCCCCCN(CCO)C(=O)C1CC2CC2C1. The summed E-state index contributed by atoms with van der Waals surface area (Å²) in [4.78, 5) is 14.3. The van der Waals surface area contributed by atoms with Crippen molar-refractivity contribution in [1.82, 2.24) is 4.90 Å². The monoisotopic (exact) mass is 253 g/mol. The third-order valence-electron chi connectivity index (χ3n) is 4.56. The van der Waals surface area contributed by atoms with E-state index in [1.165, 1.54) is 25.7 Å². The van der Waals surface area contributed by atoms with E-state index < -0.39 is 0 Å². The van der Waals surface area contributed by atoms with Gasteiger partial charge in [-0.2, -0.15) is 0 Å². The lowest BCUT2D eigenvalue weighted by molar-refractivity contribution is -0.136. The maximum Gasteiger partial charge on any atom is 0.225 e. The first-order chi connectivity index (χ1) is 8.76. The lowest BCUT2D eigenvalue weighted by atomic mass is 10.0. The van der Waals surface area contributed by atoms with Crippen LogP contribution in [0, 0.1) is 17.8 Å². The first-order valence-corrected chi connectivity index (χ1v) is 7.66. The summed E-state index contributed by atoms with van der Waals surface area (Å²) in [5, 5.41) is 9.10. The van der Waals surface area contributed by atoms with Crippen LogP contribution in [0.2, 0.25) is 0 Å². The van der Waals surface area contributed by atoms with Crippen molar-refractivity contribution >= 4 is 5.91 Å². The average Bonchev–Trinajstić information content (AvgIpc) is 2.99. The summed E-state index contributed by atoms with van der Waals surface area (Å²) in [5.41, 5.74) is 0. The quantitative estimate of drug-likeness (QED) is 0.675. The highest BCUT2D eigenvalue weighted by atomic mass is 16.3. The van der Waals surface area contributed by atoms with Crippen LogP contribution in [0.25, 0.3) is 0 Å². The van der Waals surface area contributed by atoms with Crippen LogP contribution < -0.4 is 0 Å². The molecule has 0 heterocycles. The van der Waals surface area contributed by atoms with Gasteiger partial charge < -0.3 is 10.0 Å². The minimum Gasteiger partial charge on any atom is -0.395 e. The Kier molecular flexibility index (Phi) is 5.04. The van der Waals surface area contributed by atoms with Crippen molar-refractivity contribution in [3.05, 3.63) is 0 Å². The van der Waals surface area contributed by atoms with E-state index in [1.54, 1.807) is 0 Å². The molecule has 0 aromatic rings. The molecule has 0 spiro atoms. The molecule has 2 atom stereocenters. The van der Waals surface area contributed by atoms with Crippen molar-refractivity contribution in [2.24, 2.45) is 17.8 Å². The number of aliphatic hydroxyl groups is 1. The number of hydrogen-bond acceptors (Lipinski definition) is 2. The number of fused-ring (bicyclic) bond motifs is 1. The van der Waals surface area contributed by atoms with Gasteiger partial charge in [0.05, 0.1) is 6.61 Å². The number of aliphatic hydroxyl groups excluding tert-OH is 1. The summed E-state index contributed by atoms with van der Waals surface area (Å²) in [6.07, 6.45) is 8.33. The maximum atomic E-state index is 12.4. The lowest BCUT2D eigenvalue weighted by Gasteiger charge is -2.25. The average molecular weight is 253 g/mol. The van der Waals surface area contributed by atoms with Crippen LogP contribution in [0.3, 0.4) is 0 Å². The topological polar surface area (TPSA) is 40.5 Å². The summed E-state index contributed by atoms with van der Waals surface area (Å²) in [5.74, 6) is 2.30. The predicted molar refractivity (Wildman–Crippen MR) is 72.1 cm³/mol. The molecule has 0 aromatic carbocycles. The number of nitrogens with zero attached hydrogens (tertiary/aromatic N) is 1. The molecule has 3 nitrogen and oxygen atoms in total. The van der Waals surface area contributed by atoms with Crippen LogP contribution in [0.15, 0.2) is 0 Å². The van der Waals surface area contributed by atoms with E-state index in [0.717, 1.165) is 37.6 Å². The molecular formula is C15H27NO2. The Balaban J connectivity index is 1.74. The molecule has 1 amide bonds. The van der Waals surface area contributed by atoms with E-state index in [0.29, 0.717) is 12.5 Å². The van der Waals surface area contributed by atoms with Crippen molar-refractivity contribution in [2.45, 2.75) is 51.9 Å². The first kappa shape index (κ1) is 13.9. The van der Waals surface area contributed by atoms with Gasteiger partial charge in [-0.1, -0.05) is 26.2 Å². The summed E-state index contributed by atoms with van der Waals surface area (Å²) >= 11 is 0. The Hall–Kier alpha value is -0.570. The minimum atomic E-state index is 0.0963. The van der Waals surface area contributed by atoms with Crippen molar-refractivity contribution in [3.8, 4) is 0 Å². The van der Waals surface area contributed by atoms with E-state index in [9.17, 15) is 4.79 Å². The number of rotatable bonds is 8. The van der Waals surface area contributed by atoms with E-state index >= 15 is 0 Å². The highest BCUT2D eigenvalue weighted by Gasteiger charge is 2.48. The molecule has 2 aliphatic carbocycles. The molecule has 0 aromatic heterocycles.